The molecule has 4 nitrogen and oxygen atoms in total. The van der Waals surface area contributed by atoms with Crippen LogP contribution in [0.2, 0.25) is 0 Å². The molecule has 1 fully saturated rings. The number of hydrogen-bond donors (Lipinski definition) is 1. The molecule has 0 amide bonds. The molecule has 4 heteroatoms. The van der Waals surface area contributed by atoms with Crippen molar-refractivity contribution in [3.05, 3.63) is 23.8 Å². The molecule has 0 saturated carbocycles. The summed E-state index contributed by atoms with van der Waals surface area (Å²) in [7, 11) is 0. The van der Waals surface area contributed by atoms with Gasteiger partial charge in [0.15, 0.2) is 0 Å². The van der Waals surface area contributed by atoms with E-state index in [4.69, 9.17) is 0 Å². The quantitative estimate of drug-likeness (QED) is 0.859. The van der Waals surface area contributed by atoms with Gasteiger partial charge in [0.05, 0.1) is 5.69 Å². The third kappa shape index (κ3) is 3.75. The summed E-state index contributed by atoms with van der Waals surface area (Å²) in [5, 5.41) is 3.51. The molecule has 1 aliphatic rings. The van der Waals surface area contributed by atoms with Crippen molar-refractivity contribution in [1.82, 2.24) is 20.2 Å². The van der Waals surface area contributed by atoms with Crippen LogP contribution in [0.4, 0.5) is 0 Å². The summed E-state index contributed by atoms with van der Waals surface area (Å²) in [6, 6.07) is 2.66. The Morgan fingerprint density at radius 3 is 3.00 bits per heavy atom. The molecule has 0 aromatic carbocycles. The van der Waals surface area contributed by atoms with Gasteiger partial charge in [0, 0.05) is 25.3 Å². The highest BCUT2D eigenvalue weighted by Crippen LogP contribution is 2.17. The van der Waals surface area contributed by atoms with Gasteiger partial charge in [0.2, 0.25) is 0 Å². The monoisotopic (exact) mass is 248 g/mol. The Bertz CT molecular complexity index is 378. The maximum absolute atomic E-state index is 4.40. The van der Waals surface area contributed by atoms with Gasteiger partial charge in [-0.25, -0.2) is 9.97 Å². The van der Waals surface area contributed by atoms with Crippen molar-refractivity contribution >= 4 is 0 Å². The molecule has 2 rings (SSSR count). The summed E-state index contributed by atoms with van der Waals surface area (Å²) in [4.78, 5) is 11.1. The standard InChI is InChI=1S/C14H24N4/c1-11(2)18-7-5-13(10-18)8-15-9-14-4-6-16-12(3)17-14/h4,6,11,13,15H,5,7-10H2,1-3H3. The van der Waals surface area contributed by atoms with Crippen molar-refractivity contribution in [3.8, 4) is 0 Å². The molecule has 1 saturated heterocycles. The number of likely N-dealkylation sites (tertiary alicyclic amines) is 1. The van der Waals surface area contributed by atoms with E-state index in [2.05, 4.69) is 34.0 Å². The van der Waals surface area contributed by atoms with E-state index in [0.29, 0.717) is 6.04 Å². The largest absolute Gasteiger partial charge is 0.311 e. The van der Waals surface area contributed by atoms with Crippen LogP contribution < -0.4 is 5.32 Å². The molecule has 1 unspecified atom stereocenters. The van der Waals surface area contributed by atoms with E-state index < -0.39 is 0 Å². The number of nitrogens with zero attached hydrogens (tertiary/aromatic N) is 3. The van der Waals surface area contributed by atoms with Gasteiger partial charge in [-0.05, 0) is 52.3 Å². The molecule has 1 aromatic heterocycles. The molecule has 0 spiro atoms. The van der Waals surface area contributed by atoms with Crippen molar-refractivity contribution < 1.29 is 0 Å². The molecule has 1 aliphatic heterocycles. The normalized spacial score (nSPS) is 20.8. The van der Waals surface area contributed by atoms with Crippen LogP contribution in [0.1, 0.15) is 31.8 Å². The van der Waals surface area contributed by atoms with Gasteiger partial charge >= 0.3 is 0 Å². The van der Waals surface area contributed by atoms with Crippen LogP contribution in [-0.2, 0) is 6.54 Å². The highest BCUT2D eigenvalue weighted by molar-refractivity contribution is 5.01. The topological polar surface area (TPSA) is 41.1 Å². The van der Waals surface area contributed by atoms with E-state index in [0.717, 1.165) is 30.5 Å². The lowest BCUT2D eigenvalue weighted by molar-refractivity contribution is 0.264. The number of aromatic nitrogens is 2. The van der Waals surface area contributed by atoms with Gasteiger partial charge in [-0.2, -0.15) is 0 Å². The minimum Gasteiger partial charge on any atom is -0.311 e. The summed E-state index contributed by atoms with van der Waals surface area (Å²) >= 11 is 0. The van der Waals surface area contributed by atoms with Gasteiger partial charge in [-0.15, -0.1) is 0 Å². The summed E-state index contributed by atoms with van der Waals surface area (Å²) in [5.74, 6) is 1.64. The van der Waals surface area contributed by atoms with Gasteiger partial charge in [-0.1, -0.05) is 0 Å². The fourth-order valence-electron chi connectivity index (χ4n) is 2.51. The first-order chi connectivity index (χ1) is 8.65. The predicted octanol–water partition coefficient (Wildman–Crippen LogP) is 1.60. The molecule has 0 bridgehead atoms. The molecule has 100 valence electrons. The first kappa shape index (κ1) is 13.4. The Morgan fingerprint density at radius 1 is 1.50 bits per heavy atom. The van der Waals surface area contributed by atoms with Gasteiger partial charge in [0.1, 0.15) is 5.82 Å². The fraction of sp³-hybridized carbons (Fsp3) is 0.714. The summed E-state index contributed by atoms with van der Waals surface area (Å²) in [5.41, 5.74) is 1.08. The third-order valence-corrected chi connectivity index (χ3v) is 3.62. The Balaban J connectivity index is 1.70. The molecule has 18 heavy (non-hydrogen) atoms. The number of aryl methyl sites for hydroxylation is 1. The van der Waals surface area contributed by atoms with Crippen molar-refractivity contribution in [3.63, 3.8) is 0 Å². The summed E-state index contributed by atoms with van der Waals surface area (Å²) < 4.78 is 0. The Labute approximate surface area is 110 Å². The third-order valence-electron chi connectivity index (χ3n) is 3.62. The van der Waals surface area contributed by atoms with E-state index in [9.17, 15) is 0 Å². The van der Waals surface area contributed by atoms with Crippen LogP contribution in [0, 0.1) is 12.8 Å². The van der Waals surface area contributed by atoms with Crippen molar-refractivity contribution in [2.45, 2.75) is 39.8 Å². The zero-order chi connectivity index (χ0) is 13.0. The lowest BCUT2D eigenvalue weighted by atomic mass is 10.1. The average Bonchev–Trinajstić information content (AvgIpc) is 2.78. The second-order valence-corrected chi connectivity index (χ2v) is 5.47. The summed E-state index contributed by atoms with van der Waals surface area (Å²) in [6.45, 7) is 10.9. The van der Waals surface area contributed by atoms with Crippen molar-refractivity contribution in [1.29, 1.82) is 0 Å². The Kier molecular flexibility index (Phi) is 4.66. The minimum atomic E-state index is 0.680. The molecule has 2 heterocycles. The molecule has 1 aromatic rings. The Morgan fingerprint density at radius 2 is 2.33 bits per heavy atom. The van der Waals surface area contributed by atoms with Gasteiger partial charge in [-0.3, -0.25) is 0 Å². The molecule has 1 N–H and O–H groups in total. The molecular formula is C14H24N4. The number of nitrogens with one attached hydrogen (secondary N) is 1. The van der Waals surface area contributed by atoms with E-state index in [1.165, 1.54) is 19.5 Å². The Hall–Kier alpha value is -1.00. The van der Waals surface area contributed by atoms with Crippen molar-refractivity contribution in [2.75, 3.05) is 19.6 Å². The lowest BCUT2D eigenvalue weighted by Crippen LogP contribution is -2.30. The van der Waals surface area contributed by atoms with Crippen LogP contribution in [0.3, 0.4) is 0 Å². The molecular weight excluding hydrogens is 224 g/mol. The van der Waals surface area contributed by atoms with Crippen LogP contribution in [-0.4, -0.2) is 40.5 Å². The number of hydrogen-bond acceptors (Lipinski definition) is 4. The average molecular weight is 248 g/mol. The first-order valence-electron chi connectivity index (χ1n) is 6.88. The first-order valence-corrected chi connectivity index (χ1v) is 6.88. The highest BCUT2D eigenvalue weighted by Gasteiger charge is 2.23. The molecule has 0 aliphatic carbocycles. The molecule has 1 atom stereocenters. The maximum atomic E-state index is 4.40. The van der Waals surface area contributed by atoms with Gasteiger partial charge in [0.25, 0.3) is 0 Å². The van der Waals surface area contributed by atoms with E-state index >= 15 is 0 Å². The minimum absolute atomic E-state index is 0.680. The SMILES string of the molecule is Cc1nccc(CNCC2CCN(C(C)C)C2)n1. The fourth-order valence-corrected chi connectivity index (χ4v) is 2.51. The highest BCUT2D eigenvalue weighted by atomic mass is 15.2. The lowest BCUT2D eigenvalue weighted by Gasteiger charge is -2.20. The van der Waals surface area contributed by atoms with E-state index in [1.54, 1.807) is 0 Å². The van der Waals surface area contributed by atoms with Crippen LogP contribution in [0.15, 0.2) is 12.3 Å². The zero-order valence-corrected chi connectivity index (χ0v) is 11.7. The second kappa shape index (κ2) is 6.25. The number of rotatable bonds is 5. The smallest absolute Gasteiger partial charge is 0.125 e. The van der Waals surface area contributed by atoms with Crippen LogP contribution in [0.5, 0.6) is 0 Å². The van der Waals surface area contributed by atoms with E-state index in [-0.39, 0.29) is 0 Å². The molecule has 0 radical (unpaired) electrons. The van der Waals surface area contributed by atoms with Gasteiger partial charge < -0.3 is 10.2 Å². The van der Waals surface area contributed by atoms with Crippen molar-refractivity contribution in [2.24, 2.45) is 5.92 Å². The maximum Gasteiger partial charge on any atom is 0.125 e. The second-order valence-electron chi connectivity index (χ2n) is 5.47. The zero-order valence-electron chi connectivity index (χ0n) is 11.7. The van der Waals surface area contributed by atoms with Crippen LogP contribution >= 0.6 is 0 Å². The van der Waals surface area contributed by atoms with E-state index in [1.807, 2.05) is 19.2 Å². The predicted molar refractivity (Wildman–Crippen MR) is 73.3 cm³/mol. The van der Waals surface area contributed by atoms with Crippen LogP contribution in [0.25, 0.3) is 0 Å². The summed E-state index contributed by atoms with van der Waals surface area (Å²) in [6.07, 6.45) is 3.14.